The highest BCUT2D eigenvalue weighted by molar-refractivity contribution is 6.05. The van der Waals surface area contributed by atoms with E-state index in [1.807, 2.05) is 60.7 Å². The second kappa shape index (κ2) is 4.46. The SMILES string of the molecule is O=C1OC(c2ccc3oc4ccccc4c3c2)c2ccccc21. The van der Waals surface area contributed by atoms with Crippen molar-refractivity contribution in [3.8, 4) is 0 Å². The molecule has 1 aliphatic rings. The summed E-state index contributed by atoms with van der Waals surface area (Å²) in [5, 5.41) is 2.11. The molecule has 4 aromatic rings. The third-order valence-electron chi connectivity index (χ3n) is 4.39. The lowest BCUT2D eigenvalue weighted by atomic mass is 9.98. The first-order valence-corrected chi connectivity index (χ1v) is 7.52. The lowest BCUT2D eigenvalue weighted by molar-refractivity contribution is 0.0456. The van der Waals surface area contributed by atoms with Gasteiger partial charge in [-0.3, -0.25) is 0 Å². The minimum atomic E-state index is -0.350. The summed E-state index contributed by atoms with van der Waals surface area (Å²) in [4.78, 5) is 12.0. The van der Waals surface area contributed by atoms with Gasteiger partial charge in [0.2, 0.25) is 0 Å². The summed E-state index contributed by atoms with van der Waals surface area (Å²) in [6, 6.07) is 21.5. The van der Waals surface area contributed by atoms with E-state index in [-0.39, 0.29) is 12.1 Å². The number of rotatable bonds is 1. The molecule has 0 saturated heterocycles. The standard InChI is InChI=1S/C20H12O3/c21-20-15-7-2-1-6-14(15)19(23-20)12-9-10-18-16(11-12)13-5-3-4-8-17(13)22-18/h1-11,19H. The van der Waals surface area contributed by atoms with Crippen LogP contribution >= 0.6 is 0 Å². The molecule has 0 fully saturated rings. The van der Waals surface area contributed by atoms with Crippen LogP contribution in [0.5, 0.6) is 0 Å². The predicted molar refractivity (Wildman–Crippen MR) is 87.4 cm³/mol. The number of benzene rings is 3. The zero-order valence-corrected chi connectivity index (χ0v) is 12.2. The van der Waals surface area contributed by atoms with Gasteiger partial charge in [0.25, 0.3) is 0 Å². The second-order valence-electron chi connectivity index (χ2n) is 5.73. The van der Waals surface area contributed by atoms with Gasteiger partial charge in [0.05, 0.1) is 5.56 Å². The first-order valence-electron chi connectivity index (χ1n) is 7.52. The Balaban J connectivity index is 1.72. The fourth-order valence-corrected chi connectivity index (χ4v) is 3.30. The summed E-state index contributed by atoms with van der Waals surface area (Å²) in [6.07, 6.45) is -0.350. The average molecular weight is 300 g/mol. The minimum absolute atomic E-state index is 0.261. The molecule has 110 valence electrons. The van der Waals surface area contributed by atoms with E-state index in [1.165, 1.54) is 0 Å². The van der Waals surface area contributed by atoms with Gasteiger partial charge in [-0.25, -0.2) is 4.79 Å². The maximum absolute atomic E-state index is 12.0. The van der Waals surface area contributed by atoms with Crippen molar-refractivity contribution in [2.75, 3.05) is 0 Å². The zero-order chi connectivity index (χ0) is 15.4. The average Bonchev–Trinajstić information content (AvgIpc) is 3.13. The second-order valence-corrected chi connectivity index (χ2v) is 5.73. The van der Waals surface area contributed by atoms with Crippen molar-refractivity contribution in [2.45, 2.75) is 6.10 Å². The molecule has 3 nitrogen and oxygen atoms in total. The van der Waals surface area contributed by atoms with E-state index in [4.69, 9.17) is 9.15 Å². The van der Waals surface area contributed by atoms with Gasteiger partial charge in [-0.15, -0.1) is 0 Å². The minimum Gasteiger partial charge on any atom is -0.456 e. The van der Waals surface area contributed by atoms with Crippen LogP contribution in [-0.4, -0.2) is 5.97 Å². The molecule has 0 spiro atoms. The maximum Gasteiger partial charge on any atom is 0.339 e. The molecule has 1 aliphatic heterocycles. The van der Waals surface area contributed by atoms with Gasteiger partial charge in [-0.2, -0.15) is 0 Å². The molecule has 0 aliphatic carbocycles. The Labute approximate surface area is 132 Å². The first-order chi connectivity index (χ1) is 11.3. The van der Waals surface area contributed by atoms with E-state index in [1.54, 1.807) is 0 Å². The highest BCUT2D eigenvalue weighted by atomic mass is 16.5. The summed E-state index contributed by atoms with van der Waals surface area (Å²) < 4.78 is 11.4. The fourth-order valence-electron chi connectivity index (χ4n) is 3.30. The van der Waals surface area contributed by atoms with E-state index in [0.29, 0.717) is 5.56 Å². The maximum atomic E-state index is 12.0. The normalized spacial score (nSPS) is 16.7. The van der Waals surface area contributed by atoms with Crippen molar-refractivity contribution >= 4 is 27.9 Å². The molecule has 23 heavy (non-hydrogen) atoms. The molecular formula is C20H12O3. The third kappa shape index (κ3) is 1.73. The van der Waals surface area contributed by atoms with Gasteiger partial charge in [0.15, 0.2) is 6.10 Å². The van der Waals surface area contributed by atoms with Crippen molar-refractivity contribution in [3.63, 3.8) is 0 Å². The number of para-hydroxylation sites is 1. The van der Waals surface area contributed by atoms with E-state index in [2.05, 4.69) is 6.07 Å². The molecule has 0 N–H and O–H groups in total. The van der Waals surface area contributed by atoms with Crippen LogP contribution in [0, 0.1) is 0 Å². The van der Waals surface area contributed by atoms with Crippen LogP contribution in [0.3, 0.4) is 0 Å². The molecular weight excluding hydrogens is 288 g/mol. The summed E-state index contributed by atoms with van der Waals surface area (Å²) >= 11 is 0. The van der Waals surface area contributed by atoms with Crippen molar-refractivity contribution < 1.29 is 13.9 Å². The van der Waals surface area contributed by atoms with Crippen molar-refractivity contribution in [3.05, 3.63) is 83.4 Å². The number of cyclic esters (lactones) is 1. The molecule has 3 aromatic carbocycles. The van der Waals surface area contributed by atoms with Crippen LogP contribution in [0.15, 0.2) is 71.1 Å². The largest absolute Gasteiger partial charge is 0.456 e. The van der Waals surface area contributed by atoms with Crippen LogP contribution in [0.1, 0.15) is 27.6 Å². The fraction of sp³-hybridized carbons (Fsp3) is 0.0500. The Morgan fingerprint density at radius 3 is 2.52 bits per heavy atom. The summed E-state index contributed by atoms with van der Waals surface area (Å²) in [7, 11) is 0. The van der Waals surface area contributed by atoms with E-state index in [0.717, 1.165) is 33.1 Å². The van der Waals surface area contributed by atoms with Gasteiger partial charge in [-0.1, -0.05) is 42.5 Å². The van der Waals surface area contributed by atoms with E-state index >= 15 is 0 Å². The van der Waals surface area contributed by atoms with E-state index < -0.39 is 0 Å². The lowest BCUT2D eigenvalue weighted by Crippen LogP contribution is -2.00. The summed E-state index contributed by atoms with van der Waals surface area (Å²) in [6.45, 7) is 0. The molecule has 0 bridgehead atoms. The van der Waals surface area contributed by atoms with Gasteiger partial charge >= 0.3 is 5.97 Å². The Kier molecular flexibility index (Phi) is 2.42. The molecule has 1 unspecified atom stereocenters. The summed E-state index contributed by atoms with van der Waals surface area (Å²) in [5.41, 5.74) is 4.23. The number of hydrogen-bond donors (Lipinski definition) is 0. The molecule has 1 atom stereocenters. The Hall–Kier alpha value is -3.07. The number of esters is 1. The van der Waals surface area contributed by atoms with Crippen molar-refractivity contribution in [1.82, 2.24) is 0 Å². The van der Waals surface area contributed by atoms with Gasteiger partial charge < -0.3 is 9.15 Å². The number of carbonyl (C=O) groups excluding carboxylic acids is 1. The quantitative estimate of drug-likeness (QED) is 0.472. The van der Waals surface area contributed by atoms with Gasteiger partial charge in [0, 0.05) is 16.3 Å². The topological polar surface area (TPSA) is 39.4 Å². The van der Waals surface area contributed by atoms with Crippen molar-refractivity contribution in [2.24, 2.45) is 0 Å². The molecule has 0 radical (unpaired) electrons. The van der Waals surface area contributed by atoms with Gasteiger partial charge in [-0.05, 0) is 29.8 Å². The smallest absolute Gasteiger partial charge is 0.339 e. The number of ether oxygens (including phenoxy) is 1. The van der Waals surface area contributed by atoms with Crippen molar-refractivity contribution in [1.29, 1.82) is 0 Å². The molecule has 0 saturated carbocycles. The van der Waals surface area contributed by atoms with Crippen LogP contribution < -0.4 is 0 Å². The van der Waals surface area contributed by atoms with Crippen LogP contribution in [0.4, 0.5) is 0 Å². The molecule has 0 amide bonds. The molecule has 1 aromatic heterocycles. The third-order valence-corrected chi connectivity index (χ3v) is 4.39. The Morgan fingerprint density at radius 2 is 1.57 bits per heavy atom. The highest BCUT2D eigenvalue weighted by Gasteiger charge is 2.31. The molecule has 3 heteroatoms. The number of furan rings is 1. The molecule has 5 rings (SSSR count). The van der Waals surface area contributed by atoms with Crippen LogP contribution in [0.25, 0.3) is 21.9 Å². The molecule has 2 heterocycles. The zero-order valence-electron chi connectivity index (χ0n) is 12.2. The predicted octanol–water partition coefficient (Wildman–Crippen LogP) is 4.85. The summed E-state index contributed by atoms with van der Waals surface area (Å²) in [5.74, 6) is -0.261. The number of carbonyl (C=O) groups is 1. The first kappa shape index (κ1) is 12.5. The Bertz CT molecular complexity index is 1070. The Morgan fingerprint density at radius 1 is 0.783 bits per heavy atom. The van der Waals surface area contributed by atoms with Crippen LogP contribution in [0.2, 0.25) is 0 Å². The van der Waals surface area contributed by atoms with E-state index in [9.17, 15) is 4.79 Å². The van der Waals surface area contributed by atoms with Gasteiger partial charge in [0.1, 0.15) is 11.2 Å². The lowest BCUT2D eigenvalue weighted by Gasteiger charge is -2.11. The number of fused-ring (bicyclic) bond motifs is 4. The monoisotopic (exact) mass is 300 g/mol. The highest BCUT2D eigenvalue weighted by Crippen LogP contribution is 2.38. The van der Waals surface area contributed by atoms with Crippen LogP contribution in [-0.2, 0) is 4.74 Å². The number of hydrogen-bond acceptors (Lipinski definition) is 3.